The van der Waals surface area contributed by atoms with E-state index >= 15 is 0 Å². The van der Waals surface area contributed by atoms with Crippen LogP contribution in [0.2, 0.25) is 0 Å². The molecule has 6 unspecified atom stereocenters. The van der Waals surface area contributed by atoms with Gasteiger partial charge in [0.1, 0.15) is 25.9 Å². The molecular weight excluding hydrogens is 340 g/mol. The second kappa shape index (κ2) is 8.37. The molecule has 7 nitrogen and oxygen atoms in total. The standard InChI is InChI=1S/C19H28O7/c1-3-11(2)18(21)24-5-4-23-16(20)10-25-17-13-6-12-7-14(9-13)19(22)26-15(17)8-12/h11-15,17H,3-10H2,1-2H3. The SMILES string of the molecule is CCC(C)C(=O)OCCOC(=O)COC1C2CC3CC(C2)C(=O)OC1C3. The maximum absolute atomic E-state index is 12.0. The summed E-state index contributed by atoms with van der Waals surface area (Å²) < 4.78 is 21.4. The molecule has 2 heterocycles. The molecule has 4 rings (SSSR count). The highest BCUT2D eigenvalue weighted by Crippen LogP contribution is 2.48. The van der Waals surface area contributed by atoms with E-state index in [0.717, 1.165) is 25.7 Å². The molecule has 2 aliphatic carbocycles. The van der Waals surface area contributed by atoms with Gasteiger partial charge in [-0.15, -0.1) is 0 Å². The van der Waals surface area contributed by atoms with E-state index in [0.29, 0.717) is 12.3 Å². The maximum Gasteiger partial charge on any atom is 0.332 e. The molecule has 0 amide bonds. The summed E-state index contributed by atoms with van der Waals surface area (Å²) in [5, 5.41) is 0. The Balaban J connectivity index is 1.38. The number of rotatable bonds is 8. The second-order valence-corrected chi connectivity index (χ2v) is 7.71. The van der Waals surface area contributed by atoms with Gasteiger partial charge in [-0.3, -0.25) is 9.59 Å². The highest BCUT2D eigenvalue weighted by atomic mass is 16.6. The summed E-state index contributed by atoms with van der Waals surface area (Å²) in [6, 6.07) is 0. The van der Waals surface area contributed by atoms with Gasteiger partial charge in [-0.25, -0.2) is 4.79 Å². The van der Waals surface area contributed by atoms with Gasteiger partial charge in [0.2, 0.25) is 0 Å². The van der Waals surface area contributed by atoms with Crippen LogP contribution in [0.5, 0.6) is 0 Å². The minimum atomic E-state index is -0.497. The van der Waals surface area contributed by atoms with E-state index in [1.807, 2.05) is 6.92 Å². The lowest BCUT2D eigenvalue weighted by atomic mass is 9.67. The van der Waals surface area contributed by atoms with Crippen molar-refractivity contribution in [2.75, 3.05) is 19.8 Å². The molecule has 0 radical (unpaired) electrons. The molecule has 2 saturated heterocycles. The molecular formula is C19H28O7. The molecule has 146 valence electrons. The average Bonchev–Trinajstić information content (AvgIpc) is 2.78. The average molecular weight is 368 g/mol. The van der Waals surface area contributed by atoms with Gasteiger partial charge in [0.15, 0.2) is 0 Å². The second-order valence-electron chi connectivity index (χ2n) is 7.71. The molecule has 2 saturated carbocycles. The normalized spacial score (nSPS) is 33.3. The Bertz CT molecular complexity index is 546. The predicted molar refractivity (Wildman–Crippen MR) is 89.9 cm³/mol. The minimum absolute atomic E-state index is 0.00972. The van der Waals surface area contributed by atoms with Crippen LogP contribution < -0.4 is 0 Å². The first-order valence-electron chi connectivity index (χ1n) is 9.62. The number of carbonyl (C=O) groups excluding carboxylic acids is 3. The summed E-state index contributed by atoms with van der Waals surface area (Å²) in [4.78, 5) is 35.4. The molecule has 4 fully saturated rings. The predicted octanol–water partition coefficient (Wildman–Crippen LogP) is 1.87. The van der Waals surface area contributed by atoms with Crippen LogP contribution in [0.4, 0.5) is 0 Å². The lowest BCUT2D eigenvalue weighted by molar-refractivity contribution is -0.169. The summed E-state index contributed by atoms with van der Waals surface area (Å²) in [5.74, 6) is -0.258. The van der Waals surface area contributed by atoms with Crippen molar-refractivity contribution >= 4 is 17.9 Å². The highest BCUT2D eigenvalue weighted by molar-refractivity contribution is 5.74. The lowest BCUT2D eigenvalue weighted by Gasteiger charge is -2.41. The Hall–Kier alpha value is -1.63. The van der Waals surface area contributed by atoms with Crippen molar-refractivity contribution in [1.29, 1.82) is 0 Å². The van der Waals surface area contributed by atoms with Crippen molar-refractivity contribution < 1.29 is 33.3 Å². The Kier molecular flexibility index (Phi) is 6.16. The van der Waals surface area contributed by atoms with E-state index in [1.54, 1.807) is 6.92 Å². The van der Waals surface area contributed by atoms with E-state index in [-0.39, 0.29) is 61.7 Å². The largest absolute Gasteiger partial charge is 0.462 e. The van der Waals surface area contributed by atoms with E-state index < -0.39 is 5.97 Å². The Morgan fingerprint density at radius 3 is 2.69 bits per heavy atom. The molecule has 26 heavy (non-hydrogen) atoms. The van der Waals surface area contributed by atoms with Crippen LogP contribution in [0, 0.1) is 23.7 Å². The van der Waals surface area contributed by atoms with E-state index in [4.69, 9.17) is 18.9 Å². The fourth-order valence-corrected chi connectivity index (χ4v) is 4.32. The number of ether oxygens (including phenoxy) is 4. The van der Waals surface area contributed by atoms with Crippen molar-refractivity contribution in [2.24, 2.45) is 23.7 Å². The molecule has 4 bridgehead atoms. The zero-order valence-electron chi connectivity index (χ0n) is 15.5. The smallest absolute Gasteiger partial charge is 0.332 e. The number of esters is 3. The zero-order chi connectivity index (χ0) is 18.7. The van der Waals surface area contributed by atoms with Crippen LogP contribution in [-0.4, -0.2) is 49.9 Å². The Morgan fingerprint density at radius 2 is 1.92 bits per heavy atom. The van der Waals surface area contributed by atoms with Crippen LogP contribution in [0.15, 0.2) is 0 Å². The molecule has 0 aromatic heterocycles. The third-order valence-electron chi connectivity index (χ3n) is 5.84. The molecule has 0 spiro atoms. The van der Waals surface area contributed by atoms with Crippen LogP contribution in [0.25, 0.3) is 0 Å². The summed E-state index contributed by atoms with van der Waals surface area (Å²) in [7, 11) is 0. The minimum Gasteiger partial charge on any atom is -0.462 e. The van der Waals surface area contributed by atoms with E-state index in [1.165, 1.54) is 0 Å². The fourth-order valence-electron chi connectivity index (χ4n) is 4.32. The highest BCUT2D eigenvalue weighted by Gasteiger charge is 2.50. The lowest BCUT2D eigenvalue weighted by Crippen LogP contribution is -2.45. The van der Waals surface area contributed by atoms with Crippen molar-refractivity contribution in [2.45, 2.75) is 58.2 Å². The molecule has 0 N–H and O–H groups in total. The van der Waals surface area contributed by atoms with Crippen LogP contribution >= 0.6 is 0 Å². The third kappa shape index (κ3) is 4.37. The van der Waals surface area contributed by atoms with Crippen LogP contribution in [0.1, 0.15) is 46.0 Å². The van der Waals surface area contributed by atoms with E-state index in [9.17, 15) is 14.4 Å². The van der Waals surface area contributed by atoms with Gasteiger partial charge in [-0.05, 0) is 43.9 Å². The summed E-state index contributed by atoms with van der Waals surface area (Å²) in [6.45, 7) is 3.59. The van der Waals surface area contributed by atoms with Gasteiger partial charge in [0.05, 0.1) is 17.9 Å². The van der Waals surface area contributed by atoms with Gasteiger partial charge in [-0.1, -0.05) is 13.8 Å². The van der Waals surface area contributed by atoms with Crippen molar-refractivity contribution in [1.82, 2.24) is 0 Å². The van der Waals surface area contributed by atoms with Crippen LogP contribution in [-0.2, 0) is 33.3 Å². The zero-order valence-corrected chi connectivity index (χ0v) is 15.5. The molecule has 2 aliphatic heterocycles. The number of hydrogen-bond donors (Lipinski definition) is 0. The quantitative estimate of drug-likeness (QED) is 0.367. The van der Waals surface area contributed by atoms with Crippen molar-refractivity contribution in [3.05, 3.63) is 0 Å². The van der Waals surface area contributed by atoms with Gasteiger partial charge < -0.3 is 18.9 Å². The monoisotopic (exact) mass is 368 g/mol. The first-order valence-corrected chi connectivity index (χ1v) is 9.62. The summed E-state index contributed by atoms with van der Waals surface area (Å²) in [6.07, 6.45) is 3.81. The maximum atomic E-state index is 12.0. The molecule has 6 atom stereocenters. The van der Waals surface area contributed by atoms with Crippen molar-refractivity contribution in [3.8, 4) is 0 Å². The number of carbonyl (C=O) groups is 3. The van der Waals surface area contributed by atoms with Gasteiger partial charge >= 0.3 is 17.9 Å². The first kappa shape index (κ1) is 19.1. The molecule has 4 aliphatic rings. The summed E-state index contributed by atoms with van der Waals surface area (Å²) in [5.41, 5.74) is 0. The summed E-state index contributed by atoms with van der Waals surface area (Å²) >= 11 is 0. The molecule has 0 aromatic carbocycles. The fraction of sp³-hybridized carbons (Fsp3) is 0.842. The van der Waals surface area contributed by atoms with Crippen LogP contribution in [0.3, 0.4) is 0 Å². The number of hydrogen-bond acceptors (Lipinski definition) is 7. The number of fused-ring (bicyclic) bond motifs is 1. The first-order chi connectivity index (χ1) is 12.5. The molecule has 7 heteroatoms. The van der Waals surface area contributed by atoms with Gasteiger partial charge in [0, 0.05) is 0 Å². The Labute approximate surface area is 153 Å². The third-order valence-corrected chi connectivity index (χ3v) is 5.84. The van der Waals surface area contributed by atoms with Crippen molar-refractivity contribution in [3.63, 3.8) is 0 Å². The Morgan fingerprint density at radius 1 is 1.15 bits per heavy atom. The van der Waals surface area contributed by atoms with Gasteiger partial charge in [0.25, 0.3) is 0 Å². The topological polar surface area (TPSA) is 88.1 Å². The van der Waals surface area contributed by atoms with E-state index in [2.05, 4.69) is 0 Å². The molecule has 0 aromatic rings. The van der Waals surface area contributed by atoms with Gasteiger partial charge in [-0.2, -0.15) is 0 Å².